The van der Waals surface area contributed by atoms with E-state index in [4.69, 9.17) is 10.0 Å². The molecule has 1 atom stereocenters. The van der Waals surface area contributed by atoms with Gasteiger partial charge in [0.05, 0.1) is 16.7 Å². The van der Waals surface area contributed by atoms with Crippen LogP contribution in [-0.2, 0) is 10.3 Å². The van der Waals surface area contributed by atoms with Crippen molar-refractivity contribution in [3.63, 3.8) is 0 Å². The summed E-state index contributed by atoms with van der Waals surface area (Å²) in [6.07, 6.45) is -4.36. The standard InChI is InChI=1S/C20H4BF15O4/c22-4-1(5(23)11(29)16(34)10(4)28)19(40-21(38)39)20(37,2-6(24)12(30)17(35)13(31)7(2)25)3-8(26)14(32)18(36)15(33)9(3)27/h19,37-39H. The predicted octanol–water partition coefficient (Wildman–Crippen LogP) is 4.74. The van der Waals surface area contributed by atoms with Crippen LogP contribution in [0.5, 0.6) is 0 Å². The minimum absolute atomic E-state index is 2.88. The van der Waals surface area contributed by atoms with E-state index < -0.39 is 123 Å². The Morgan fingerprint density at radius 2 is 0.650 bits per heavy atom. The summed E-state index contributed by atoms with van der Waals surface area (Å²) in [5, 5.41) is 29.4. The smallest absolute Gasteiger partial charge is 0.402 e. The van der Waals surface area contributed by atoms with E-state index >= 15 is 0 Å². The number of hydrogen-bond donors (Lipinski definition) is 3. The van der Waals surface area contributed by atoms with Gasteiger partial charge in [0.15, 0.2) is 75.4 Å². The van der Waals surface area contributed by atoms with Crippen LogP contribution >= 0.6 is 0 Å². The summed E-state index contributed by atoms with van der Waals surface area (Å²) < 4.78 is 217. The third kappa shape index (κ3) is 4.34. The molecule has 0 saturated heterocycles. The summed E-state index contributed by atoms with van der Waals surface area (Å²) in [7, 11) is -3.77. The monoisotopic (exact) mass is 604 g/mol. The van der Waals surface area contributed by atoms with Crippen LogP contribution in [0.1, 0.15) is 22.8 Å². The van der Waals surface area contributed by atoms with Crippen LogP contribution in [0.4, 0.5) is 65.9 Å². The minimum Gasteiger partial charge on any atom is -0.402 e. The molecule has 4 nitrogen and oxygen atoms in total. The third-order valence-corrected chi connectivity index (χ3v) is 5.33. The maximum Gasteiger partial charge on any atom is 0.634 e. The number of rotatable bonds is 6. The van der Waals surface area contributed by atoms with E-state index in [0.717, 1.165) is 0 Å². The van der Waals surface area contributed by atoms with Crippen LogP contribution in [0.15, 0.2) is 0 Å². The molecule has 3 N–H and O–H groups in total. The highest BCUT2D eigenvalue weighted by atomic mass is 19.2. The van der Waals surface area contributed by atoms with Crippen LogP contribution in [0, 0.1) is 87.3 Å². The van der Waals surface area contributed by atoms with Gasteiger partial charge >= 0.3 is 7.32 Å². The second-order valence-electron chi connectivity index (χ2n) is 7.48. The fourth-order valence-corrected chi connectivity index (χ4v) is 3.62. The Balaban J connectivity index is 2.76. The van der Waals surface area contributed by atoms with Crippen molar-refractivity contribution in [3.05, 3.63) is 104 Å². The SMILES string of the molecule is OB(O)OC(c1c(F)c(F)c(F)c(F)c1F)C(O)(c1c(F)c(F)c(F)c(F)c1F)c1c(F)c(F)c(F)c(F)c1F. The molecule has 1 unspecified atom stereocenters. The fourth-order valence-electron chi connectivity index (χ4n) is 3.62. The summed E-state index contributed by atoms with van der Waals surface area (Å²) in [5.41, 5.74) is -14.7. The molecule has 0 amide bonds. The molecule has 3 aromatic rings. The number of aliphatic hydroxyl groups is 1. The molecule has 0 aliphatic rings. The number of benzene rings is 3. The van der Waals surface area contributed by atoms with Gasteiger partial charge in [0, 0.05) is 0 Å². The summed E-state index contributed by atoms with van der Waals surface area (Å²) >= 11 is 0. The highest BCUT2D eigenvalue weighted by Crippen LogP contribution is 2.50. The largest absolute Gasteiger partial charge is 0.634 e. The van der Waals surface area contributed by atoms with Crippen LogP contribution < -0.4 is 0 Å². The van der Waals surface area contributed by atoms with Gasteiger partial charge in [-0.05, 0) is 0 Å². The zero-order chi connectivity index (χ0) is 30.8. The zero-order valence-corrected chi connectivity index (χ0v) is 18.1. The Hall–Kier alpha value is -3.49. The van der Waals surface area contributed by atoms with Crippen molar-refractivity contribution in [2.75, 3.05) is 0 Å². The van der Waals surface area contributed by atoms with Gasteiger partial charge in [0.2, 0.25) is 17.5 Å². The lowest BCUT2D eigenvalue weighted by Crippen LogP contribution is -2.44. The Bertz CT molecular complexity index is 1390. The topological polar surface area (TPSA) is 69.9 Å². The Kier molecular flexibility index (Phi) is 8.14. The highest BCUT2D eigenvalue weighted by Gasteiger charge is 2.56. The lowest BCUT2D eigenvalue weighted by atomic mass is 9.76. The summed E-state index contributed by atoms with van der Waals surface area (Å²) in [6, 6.07) is 0. The number of halogens is 15. The van der Waals surface area contributed by atoms with E-state index in [1.807, 2.05) is 0 Å². The van der Waals surface area contributed by atoms with Crippen molar-refractivity contribution in [1.82, 2.24) is 0 Å². The molecule has 40 heavy (non-hydrogen) atoms. The Morgan fingerprint density at radius 3 is 0.900 bits per heavy atom. The maximum absolute atomic E-state index is 14.8. The van der Waals surface area contributed by atoms with Gasteiger partial charge < -0.3 is 19.8 Å². The lowest BCUT2D eigenvalue weighted by molar-refractivity contribution is -0.0697. The molecular weight excluding hydrogens is 600 g/mol. The molecule has 0 aliphatic heterocycles. The first-order chi connectivity index (χ1) is 18.3. The quantitative estimate of drug-likeness (QED) is 0.165. The third-order valence-electron chi connectivity index (χ3n) is 5.33. The van der Waals surface area contributed by atoms with Crippen LogP contribution in [0.25, 0.3) is 0 Å². The first kappa shape index (κ1) is 31.0. The summed E-state index contributed by atoms with van der Waals surface area (Å²) in [6.45, 7) is 0. The average molecular weight is 604 g/mol. The molecule has 0 aromatic heterocycles. The van der Waals surface area contributed by atoms with Crippen molar-refractivity contribution in [1.29, 1.82) is 0 Å². The average Bonchev–Trinajstić information content (AvgIpc) is 2.90. The predicted molar refractivity (Wildman–Crippen MR) is 95.7 cm³/mol. The van der Waals surface area contributed by atoms with Gasteiger partial charge in [-0.15, -0.1) is 0 Å². The van der Waals surface area contributed by atoms with Gasteiger partial charge in [-0.1, -0.05) is 0 Å². The Morgan fingerprint density at radius 1 is 0.425 bits per heavy atom. The van der Waals surface area contributed by atoms with E-state index in [1.54, 1.807) is 0 Å². The van der Waals surface area contributed by atoms with Crippen molar-refractivity contribution < 1.29 is 85.7 Å². The normalized spacial score (nSPS) is 12.8. The van der Waals surface area contributed by atoms with Crippen molar-refractivity contribution in [3.8, 4) is 0 Å². The molecular formula is C20H4BF15O4. The molecule has 3 aromatic carbocycles. The van der Waals surface area contributed by atoms with E-state index in [0.29, 0.717) is 0 Å². The second kappa shape index (κ2) is 10.5. The molecule has 216 valence electrons. The van der Waals surface area contributed by atoms with Gasteiger partial charge in [0.1, 0.15) is 6.10 Å². The molecule has 0 radical (unpaired) electrons. The first-order valence-electron chi connectivity index (χ1n) is 9.62. The Labute approximate surface area is 209 Å². The molecule has 3 rings (SSSR count). The molecule has 0 aliphatic carbocycles. The molecule has 0 heterocycles. The first-order valence-corrected chi connectivity index (χ1v) is 9.62. The van der Waals surface area contributed by atoms with Crippen LogP contribution in [-0.4, -0.2) is 22.5 Å². The van der Waals surface area contributed by atoms with Gasteiger partial charge in [-0.2, -0.15) is 0 Å². The van der Waals surface area contributed by atoms with Crippen LogP contribution in [0.3, 0.4) is 0 Å². The van der Waals surface area contributed by atoms with E-state index in [-0.39, 0.29) is 0 Å². The van der Waals surface area contributed by atoms with E-state index in [9.17, 15) is 71.0 Å². The van der Waals surface area contributed by atoms with E-state index in [1.165, 1.54) is 0 Å². The zero-order valence-electron chi connectivity index (χ0n) is 18.1. The van der Waals surface area contributed by atoms with Crippen LogP contribution in [0.2, 0.25) is 0 Å². The molecule has 0 saturated carbocycles. The molecule has 0 fully saturated rings. The minimum atomic E-state index is -5.46. The second-order valence-corrected chi connectivity index (χ2v) is 7.48. The van der Waals surface area contributed by atoms with Gasteiger partial charge in [0.25, 0.3) is 0 Å². The van der Waals surface area contributed by atoms with Crippen molar-refractivity contribution in [2.24, 2.45) is 0 Å². The maximum atomic E-state index is 14.8. The summed E-state index contributed by atoms with van der Waals surface area (Å²) in [4.78, 5) is 0. The lowest BCUT2D eigenvalue weighted by Gasteiger charge is -2.38. The highest BCUT2D eigenvalue weighted by molar-refractivity contribution is 6.32. The molecule has 0 bridgehead atoms. The van der Waals surface area contributed by atoms with Crippen molar-refractivity contribution in [2.45, 2.75) is 11.7 Å². The summed E-state index contributed by atoms with van der Waals surface area (Å²) in [5.74, 6) is -48.2. The molecule has 0 spiro atoms. The van der Waals surface area contributed by atoms with E-state index in [2.05, 4.69) is 4.65 Å². The number of hydrogen-bond acceptors (Lipinski definition) is 4. The molecule has 20 heteroatoms. The van der Waals surface area contributed by atoms with Gasteiger partial charge in [-0.3, -0.25) is 0 Å². The fraction of sp³-hybridized carbons (Fsp3) is 0.100. The van der Waals surface area contributed by atoms with Gasteiger partial charge in [-0.25, -0.2) is 65.9 Å². The van der Waals surface area contributed by atoms with Crippen molar-refractivity contribution >= 4 is 7.32 Å².